The van der Waals surface area contributed by atoms with E-state index in [-0.39, 0.29) is 11.4 Å². The predicted octanol–water partition coefficient (Wildman–Crippen LogP) is 2.77. The van der Waals surface area contributed by atoms with E-state index < -0.39 is 0 Å². The number of nitrogens with zero attached hydrogens (tertiary/aromatic N) is 3. The van der Waals surface area contributed by atoms with Crippen molar-refractivity contribution < 1.29 is 9.84 Å². The largest absolute Gasteiger partial charge is 0.490 e. The van der Waals surface area contributed by atoms with Crippen LogP contribution in [0.1, 0.15) is 39.0 Å². The van der Waals surface area contributed by atoms with E-state index in [0.717, 1.165) is 51.7 Å². The zero-order chi connectivity index (χ0) is 15.8. The third-order valence-electron chi connectivity index (χ3n) is 4.27. The third-order valence-corrected chi connectivity index (χ3v) is 4.47. The van der Waals surface area contributed by atoms with Crippen LogP contribution in [0.3, 0.4) is 0 Å². The Morgan fingerprint density at radius 3 is 2.68 bits per heavy atom. The topological polar surface area (TPSA) is 58.5 Å². The van der Waals surface area contributed by atoms with Crippen LogP contribution in [-0.2, 0) is 0 Å². The highest BCUT2D eigenvalue weighted by molar-refractivity contribution is 6.28. The fourth-order valence-corrected chi connectivity index (χ4v) is 2.82. The van der Waals surface area contributed by atoms with Crippen molar-refractivity contribution in [2.24, 2.45) is 5.92 Å². The number of piperidine rings is 1. The summed E-state index contributed by atoms with van der Waals surface area (Å²) in [4.78, 5) is 10.3. The van der Waals surface area contributed by atoms with Crippen LogP contribution in [-0.4, -0.2) is 52.3 Å². The van der Waals surface area contributed by atoms with E-state index in [1.54, 1.807) is 12.4 Å². The van der Waals surface area contributed by atoms with Crippen LogP contribution in [0.4, 0.5) is 0 Å². The molecule has 2 rings (SSSR count). The first kappa shape index (κ1) is 17.4. The van der Waals surface area contributed by atoms with Gasteiger partial charge in [0.15, 0.2) is 5.75 Å². The molecule has 124 valence electrons. The lowest BCUT2D eigenvalue weighted by Gasteiger charge is -2.31. The number of aromatic nitrogens is 2. The molecule has 0 aromatic carbocycles. The molecule has 0 aliphatic carbocycles. The number of hydrogen-bond acceptors (Lipinski definition) is 5. The Kier molecular flexibility index (Phi) is 7.36. The van der Waals surface area contributed by atoms with Gasteiger partial charge in [-0.15, -0.1) is 0 Å². The van der Waals surface area contributed by atoms with Crippen LogP contribution >= 0.6 is 11.6 Å². The molecule has 0 radical (unpaired) electrons. The van der Waals surface area contributed by atoms with Crippen molar-refractivity contribution in [2.45, 2.75) is 45.1 Å². The van der Waals surface area contributed by atoms with Crippen molar-refractivity contribution in [3.8, 4) is 5.75 Å². The van der Waals surface area contributed by atoms with Gasteiger partial charge < -0.3 is 14.7 Å². The zero-order valence-electron chi connectivity index (χ0n) is 13.2. The van der Waals surface area contributed by atoms with Crippen LogP contribution in [0, 0.1) is 5.92 Å². The van der Waals surface area contributed by atoms with E-state index in [1.165, 1.54) is 0 Å². The molecule has 1 atom stereocenters. The van der Waals surface area contributed by atoms with Crippen LogP contribution in [0.25, 0.3) is 0 Å². The molecule has 0 bridgehead atoms. The lowest BCUT2D eigenvalue weighted by atomic mass is 9.97. The van der Waals surface area contributed by atoms with Crippen molar-refractivity contribution in [1.82, 2.24) is 14.9 Å². The molecule has 1 aromatic rings. The van der Waals surface area contributed by atoms with Crippen molar-refractivity contribution in [1.29, 1.82) is 0 Å². The Morgan fingerprint density at radius 2 is 2.05 bits per heavy atom. The van der Waals surface area contributed by atoms with E-state index in [2.05, 4.69) is 14.9 Å². The normalized spacial score (nSPS) is 18.3. The summed E-state index contributed by atoms with van der Waals surface area (Å²) in [5, 5.41) is 9.82. The van der Waals surface area contributed by atoms with Crippen LogP contribution < -0.4 is 4.74 Å². The van der Waals surface area contributed by atoms with Gasteiger partial charge in [-0.2, -0.15) is 0 Å². The Bertz CT molecular complexity index is 422. The van der Waals surface area contributed by atoms with E-state index >= 15 is 0 Å². The Hall–Kier alpha value is -0.910. The summed E-state index contributed by atoms with van der Waals surface area (Å²) in [6.45, 7) is 6.08. The highest BCUT2D eigenvalue weighted by Crippen LogP contribution is 2.19. The number of hydrogen-bond donors (Lipinski definition) is 1. The summed E-state index contributed by atoms with van der Waals surface area (Å²) in [5.41, 5.74) is 0. The summed E-state index contributed by atoms with van der Waals surface area (Å²) in [6, 6.07) is 0. The maximum absolute atomic E-state index is 9.57. The van der Waals surface area contributed by atoms with Crippen LogP contribution in [0.2, 0.25) is 5.28 Å². The SMILES string of the molecule is CCC(O)CCCN1CCC(COc2cnc(Cl)nc2)CC1. The second kappa shape index (κ2) is 9.28. The van der Waals surface area contributed by atoms with Gasteiger partial charge >= 0.3 is 0 Å². The number of aliphatic hydroxyl groups excluding tert-OH is 1. The molecule has 1 fully saturated rings. The Morgan fingerprint density at radius 1 is 1.36 bits per heavy atom. The fraction of sp³-hybridized carbons (Fsp3) is 0.750. The molecule has 1 aromatic heterocycles. The van der Waals surface area contributed by atoms with Gasteiger partial charge in [-0.1, -0.05) is 6.92 Å². The van der Waals surface area contributed by atoms with E-state index in [0.29, 0.717) is 18.3 Å². The first-order valence-electron chi connectivity index (χ1n) is 8.18. The number of aliphatic hydroxyl groups is 1. The average Bonchev–Trinajstić information content (AvgIpc) is 2.55. The lowest BCUT2D eigenvalue weighted by Crippen LogP contribution is -2.36. The maximum Gasteiger partial charge on any atom is 0.222 e. The number of ether oxygens (including phenoxy) is 1. The summed E-state index contributed by atoms with van der Waals surface area (Å²) in [7, 11) is 0. The van der Waals surface area contributed by atoms with E-state index in [9.17, 15) is 5.11 Å². The molecule has 1 N–H and O–H groups in total. The van der Waals surface area contributed by atoms with Crippen molar-refractivity contribution in [3.63, 3.8) is 0 Å². The monoisotopic (exact) mass is 327 g/mol. The molecule has 22 heavy (non-hydrogen) atoms. The highest BCUT2D eigenvalue weighted by Gasteiger charge is 2.19. The standard InChI is InChI=1S/C16H26ClN3O2/c1-2-14(21)4-3-7-20-8-5-13(6-9-20)12-22-15-10-18-16(17)19-11-15/h10-11,13-14,21H,2-9,12H2,1H3. The van der Waals surface area contributed by atoms with Crippen LogP contribution in [0.15, 0.2) is 12.4 Å². The molecule has 0 spiro atoms. The van der Waals surface area contributed by atoms with Gasteiger partial charge in [0, 0.05) is 0 Å². The molecule has 1 aliphatic heterocycles. The number of halogens is 1. The first-order valence-corrected chi connectivity index (χ1v) is 8.56. The van der Waals surface area contributed by atoms with E-state index in [4.69, 9.17) is 16.3 Å². The summed E-state index contributed by atoms with van der Waals surface area (Å²) in [6.07, 6.45) is 8.26. The summed E-state index contributed by atoms with van der Waals surface area (Å²) >= 11 is 5.65. The lowest BCUT2D eigenvalue weighted by molar-refractivity contribution is 0.124. The van der Waals surface area contributed by atoms with Gasteiger partial charge in [0.25, 0.3) is 0 Å². The molecule has 6 heteroatoms. The van der Waals surface area contributed by atoms with E-state index in [1.807, 2.05) is 6.92 Å². The van der Waals surface area contributed by atoms with Gasteiger partial charge in [-0.25, -0.2) is 9.97 Å². The van der Waals surface area contributed by atoms with Gasteiger partial charge in [-0.05, 0) is 69.3 Å². The minimum Gasteiger partial charge on any atom is -0.490 e. The molecule has 0 amide bonds. The minimum absolute atomic E-state index is 0.132. The molecule has 0 saturated carbocycles. The highest BCUT2D eigenvalue weighted by atomic mass is 35.5. The summed E-state index contributed by atoms with van der Waals surface area (Å²) in [5.74, 6) is 1.27. The first-order chi connectivity index (χ1) is 10.7. The molecular formula is C16H26ClN3O2. The Balaban J connectivity index is 1.59. The van der Waals surface area contributed by atoms with Crippen LogP contribution in [0.5, 0.6) is 5.75 Å². The molecular weight excluding hydrogens is 302 g/mol. The number of likely N-dealkylation sites (tertiary alicyclic amines) is 1. The van der Waals surface area contributed by atoms with Crippen molar-refractivity contribution in [2.75, 3.05) is 26.2 Å². The molecule has 5 nitrogen and oxygen atoms in total. The molecule has 1 saturated heterocycles. The minimum atomic E-state index is -0.132. The predicted molar refractivity (Wildman–Crippen MR) is 87.2 cm³/mol. The zero-order valence-corrected chi connectivity index (χ0v) is 14.0. The van der Waals surface area contributed by atoms with Gasteiger partial charge in [0.05, 0.1) is 25.1 Å². The molecule has 1 aliphatic rings. The van der Waals surface area contributed by atoms with Crippen molar-refractivity contribution >= 4 is 11.6 Å². The second-order valence-electron chi connectivity index (χ2n) is 5.99. The number of rotatable bonds is 8. The summed E-state index contributed by atoms with van der Waals surface area (Å²) < 4.78 is 5.73. The fourth-order valence-electron chi connectivity index (χ4n) is 2.72. The van der Waals surface area contributed by atoms with Gasteiger partial charge in [0.2, 0.25) is 5.28 Å². The van der Waals surface area contributed by atoms with Gasteiger partial charge in [-0.3, -0.25) is 0 Å². The quantitative estimate of drug-likeness (QED) is 0.744. The van der Waals surface area contributed by atoms with Gasteiger partial charge in [0.1, 0.15) is 0 Å². The Labute approximate surface area is 137 Å². The average molecular weight is 328 g/mol. The van der Waals surface area contributed by atoms with Crippen molar-refractivity contribution in [3.05, 3.63) is 17.7 Å². The third kappa shape index (κ3) is 6.07. The maximum atomic E-state index is 9.57. The molecule has 2 heterocycles. The molecule has 1 unspecified atom stereocenters. The second-order valence-corrected chi connectivity index (χ2v) is 6.33. The smallest absolute Gasteiger partial charge is 0.222 e.